The quantitative estimate of drug-likeness (QED) is 0.748. The number of hydrogen-bond acceptors (Lipinski definition) is 3. The Balaban J connectivity index is 1.93. The van der Waals surface area contributed by atoms with E-state index in [0.717, 1.165) is 30.6 Å². The lowest BCUT2D eigenvalue weighted by molar-refractivity contribution is -0.145. The Hall–Kier alpha value is -1.56. The average molecular weight is 296 g/mol. The highest BCUT2D eigenvalue weighted by Gasteiger charge is 2.39. The lowest BCUT2D eigenvalue weighted by Crippen LogP contribution is -2.56. The van der Waals surface area contributed by atoms with Gasteiger partial charge < -0.3 is 15.7 Å². The van der Waals surface area contributed by atoms with Gasteiger partial charge >= 0.3 is 12.0 Å². The van der Waals surface area contributed by atoms with E-state index in [1.165, 1.54) is 0 Å². The zero-order valence-corrected chi connectivity index (χ0v) is 12.2. The van der Waals surface area contributed by atoms with Crippen LogP contribution in [0.5, 0.6) is 0 Å². The second-order valence-corrected chi connectivity index (χ2v) is 6.22. The highest BCUT2D eigenvalue weighted by molar-refractivity contribution is 7.09. The van der Waals surface area contributed by atoms with Gasteiger partial charge in [-0.2, -0.15) is 0 Å². The van der Waals surface area contributed by atoms with Crippen LogP contribution in [0.15, 0.2) is 17.5 Å². The molecule has 0 saturated heterocycles. The maximum atomic E-state index is 11.9. The molecule has 1 aliphatic carbocycles. The van der Waals surface area contributed by atoms with Crippen molar-refractivity contribution < 1.29 is 14.7 Å². The summed E-state index contributed by atoms with van der Waals surface area (Å²) >= 11 is 1.56. The Morgan fingerprint density at radius 3 is 2.50 bits per heavy atom. The van der Waals surface area contributed by atoms with Gasteiger partial charge in [0.05, 0.1) is 6.54 Å². The minimum atomic E-state index is -1.10. The minimum Gasteiger partial charge on any atom is -0.480 e. The topological polar surface area (TPSA) is 78.4 Å². The molecule has 1 aromatic rings. The molecule has 5 nitrogen and oxygen atoms in total. The number of carboxylic acid groups (broad SMARTS) is 1. The molecule has 6 heteroatoms. The van der Waals surface area contributed by atoms with Crippen LogP contribution in [0.25, 0.3) is 0 Å². The molecular weight excluding hydrogens is 276 g/mol. The third-order valence-electron chi connectivity index (χ3n) is 3.72. The molecule has 20 heavy (non-hydrogen) atoms. The summed E-state index contributed by atoms with van der Waals surface area (Å²) in [5.74, 6) is -0.925. The first-order valence-corrected chi connectivity index (χ1v) is 7.82. The fourth-order valence-corrected chi connectivity index (χ4v) is 3.21. The molecule has 0 aliphatic heterocycles. The van der Waals surface area contributed by atoms with Gasteiger partial charge in [-0.3, -0.25) is 0 Å². The van der Waals surface area contributed by atoms with E-state index in [1.54, 1.807) is 11.3 Å². The van der Waals surface area contributed by atoms with Crippen molar-refractivity contribution in [3.05, 3.63) is 22.4 Å². The smallest absolute Gasteiger partial charge is 0.329 e. The van der Waals surface area contributed by atoms with Gasteiger partial charge in [0, 0.05) is 4.88 Å². The molecule has 0 radical (unpaired) electrons. The number of nitrogens with one attached hydrogen (secondary N) is 2. The first-order chi connectivity index (χ1) is 9.62. The van der Waals surface area contributed by atoms with Crippen molar-refractivity contribution >= 4 is 23.3 Å². The second kappa shape index (κ2) is 6.74. The number of rotatable bonds is 4. The van der Waals surface area contributed by atoms with Gasteiger partial charge in [0.25, 0.3) is 0 Å². The monoisotopic (exact) mass is 296 g/mol. The predicted molar refractivity (Wildman–Crippen MR) is 77.8 cm³/mol. The zero-order chi connectivity index (χ0) is 14.4. The Kier molecular flexibility index (Phi) is 5.00. The van der Waals surface area contributed by atoms with Crippen LogP contribution in [0.1, 0.15) is 43.4 Å². The van der Waals surface area contributed by atoms with E-state index in [-0.39, 0.29) is 0 Å². The van der Waals surface area contributed by atoms with Gasteiger partial charge in [0.15, 0.2) is 0 Å². The fourth-order valence-electron chi connectivity index (χ4n) is 2.57. The second-order valence-electron chi connectivity index (χ2n) is 5.19. The van der Waals surface area contributed by atoms with E-state index >= 15 is 0 Å². The largest absolute Gasteiger partial charge is 0.480 e. The summed E-state index contributed by atoms with van der Waals surface area (Å²) < 4.78 is 0. The Labute approximate surface area is 122 Å². The first-order valence-electron chi connectivity index (χ1n) is 6.94. The maximum Gasteiger partial charge on any atom is 0.329 e. The molecule has 0 spiro atoms. The first kappa shape index (κ1) is 14.8. The number of aliphatic carboxylic acids is 1. The number of carboxylic acids is 1. The van der Waals surface area contributed by atoms with Crippen molar-refractivity contribution in [2.45, 2.75) is 50.6 Å². The zero-order valence-electron chi connectivity index (χ0n) is 11.4. The molecule has 0 unspecified atom stereocenters. The van der Waals surface area contributed by atoms with Gasteiger partial charge in [-0.15, -0.1) is 11.3 Å². The van der Waals surface area contributed by atoms with Crippen LogP contribution < -0.4 is 10.6 Å². The molecule has 1 fully saturated rings. The van der Waals surface area contributed by atoms with Crippen molar-refractivity contribution in [3.63, 3.8) is 0 Å². The number of carbonyl (C=O) groups excluding carboxylic acids is 1. The molecule has 0 atom stereocenters. The normalized spacial score (nSPS) is 18.0. The summed E-state index contributed by atoms with van der Waals surface area (Å²) in [6, 6.07) is 3.45. The van der Waals surface area contributed by atoms with Crippen molar-refractivity contribution in [1.29, 1.82) is 0 Å². The molecule has 1 aliphatic rings. The van der Waals surface area contributed by atoms with Crippen LogP contribution in [0.3, 0.4) is 0 Å². The van der Waals surface area contributed by atoms with Crippen LogP contribution in [-0.2, 0) is 11.3 Å². The Morgan fingerprint density at radius 1 is 1.25 bits per heavy atom. The number of carbonyl (C=O) groups is 2. The molecular formula is C14H20N2O3S. The molecule has 1 aromatic heterocycles. The van der Waals surface area contributed by atoms with E-state index in [0.29, 0.717) is 19.4 Å². The number of urea groups is 1. The lowest BCUT2D eigenvalue weighted by atomic mass is 9.90. The summed E-state index contributed by atoms with van der Waals surface area (Å²) in [7, 11) is 0. The predicted octanol–water partition coefficient (Wildman–Crippen LogP) is 2.72. The maximum absolute atomic E-state index is 11.9. The summed E-state index contributed by atoms with van der Waals surface area (Å²) in [5, 5.41) is 16.8. The van der Waals surface area contributed by atoms with E-state index in [9.17, 15) is 14.7 Å². The Bertz CT molecular complexity index is 451. The molecule has 1 heterocycles. The SMILES string of the molecule is O=C(NCc1cccs1)NC1(C(=O)O)CCCCCC1. The van der Waals surface area contributed by atoms with E-state index in [4.69, 9.17) is 0 Å². The van der Waals surface area contributed by atoms with Gasteiger partial charge in [0.2, 0.25) is 0 Å². The van der Waals surface area contributed by atoms with E-state index in [1.807, 2.05) is 17.5 Å². The van der Waals surface area contributed by atoms with Crippen molar-refractivity contribution in [3.8, 4) is 0 Å². The summed E-state index contributed by atoms with van der Waals surface area (Å²) in [6.45, 7) is 0.430. The summed E-state index contributed by atoms with van der Waals surface area (Å²) in [5.41, 5.74) is -1.10. The minimum absolute atomic E-state index is 0.400. The van der Waals surface area contributed by atoms with Crippen LogP contribution in [0.2, 0.25) is 0 Å². The summed E-state index contributed by atoms with van der Waals surface area (Å²) in [4.78, 5) is 24.6. The Morgan fingerprint density at radius 2 is 1.95 bits per heavy atom. The van der Waals surface area contributed by atoms with Crippen LogP contribution in [0.4, 0.5) is 4.79 Å². The van der Waals surface area contributed by atoms with Crippen molar-refractivity contribution in [2.75, 3.05) is 0 Å². The van der Waals surface area contributed by atoms with Gasteiger partial charge in [-0.05, 0) is 24.3 Å². The van der Waals surface area contributed by atoms with Crippen LogP contribution in [-0.4, -0.2) is 22.6 Å². The van der Waals surface area contributed by atoms with Crippen LogP contribution >= 0.6 is 11.3 Å². The highest BCUT2D eigenvalue weighted by Crippen LogP contribution is 2.27. The summed E-state index contributed by atoms with van der Waals surface area (Å²) in [6.07, 6.45) is 4.78. The standard InChI is InChI=1S/C14H20N2O3S/c17-12(18)14(7-3-1-2-4-8-14)16-13(19)15-10-11-6-5-9-20-11/h5-6,9H,1-4,7-8,10H2,(H,17,18)(H2,15,16,19). The molecule has 0 aromatic carbocycles. The van der Waals surface area contributed by atoms with Gasteiger partial charge in [-0.1, -0.05) is 31.7 Å². The highest BCUT2D eigenvalue weighted by atomic mass is 32.1. The molecule has 3 N–H and O–H groups in total. The van der Waals surface area contributed by atoms with E-state index < -0.39 is 17.5 Å². The molecule has 1 saturated carbocycles. The molecule has 0 bridgehead atoms. The lowest BCUT2D eigenvalue weighted by Gasteiger charge is -2.29. The third-order valence-corrected chi connectivity index (χ3v) is 4.60. The number of hydrogen-bond donors (Lipinski definition) is 3. The van der Waals surface area contributed by atoms with E-state index in [2.05, 4.69) is 10.6 Å². The van der Waals surface area contributed by atoms with Crippen molar-refractivity contribution in [2.24, 2.45) is 0 Å². The molecule has 2 amide bonds. The average Bonchev–Trinajstić information content (AvgIpc) is 2.82. The van der Waals surface area contributed by atoms with Crippen molar-refractivity contribution in [1.82, 2.24) is 10.6 Å². The molecule has 2 rings (SSSR count). The van der Waals surface area contributed by atoms with Gasteiger partial charge in [0.1, 0.15) is 5.54 Å². The number of thiophene rings is 1. The van der Waals surface area contributed by atoms with Crippen LogP contribution in [0, 0.1) is 0 Å². The third kappa shape index (κ3) is 3.72. The van der Waals surface area contributed by atoms with Gasteiger partial charge in [-0.25, -0.2) is 9.59 Å². The number of amides is 2. The molecule has 110 valence electrons. The fraction of sp³-hybridized carbons (Fsp3) is 0.571.